The lowest BCUT2D eigenvalue weighted by Crippen LogP contribution is -2.30. The van der Waals surface area contributed by atoms with Crippen molar-refractivity contribution in [3.05, 3.63) is 65.5 Å². The number of rotatable bonds is 8. The lowest BCUT2D eigenvalue weighted by atomic mass is 10.1. The molecule has 2 rings (SSSR count). The fourth-order valence-corrected chi connectivity index (χ4v) is 3.21. The van der Waals surface area contributed by atoms with Gasteiger partial charge in [0.15, 0.2) is 6.61 Å². The summed E-state index contributed by atoms with van der Waals surface area (Å²) in [6, 6.07) is 11.3. The molecule has 1 amide bonds. The molecule has 1 N–H and O–H groups in total. The standard InChI is InChI=1S/C19H21FN2O5S/c1-22(2)28(25,26)17-5-3-4-15(12-17)19(24)27-13-18(23)21-11-10-14-6-8-16(20)9-7-14/h3-9,12H,10-11,13H2,1-2H3,(H,21,23). The average Bonchev–Trinajstić information content (AvgIpc) is 2.67. The van der Waals surface area contributed by atoms with Gasteiger partial charge in [0.05, 0.1) is 10.5 Å². The van der Waals surface area contributed by atoms with Crippen molar-refractivity contribution in [3.63, 3.8) is 0 Å². The molecule has 0 heterocycles. The minimum Gasteiger partial charge on any atom is -0.452 e. The van der Waals surface area contributed by atoms with Gasteiger partial charge in [0, 0.05) is 20.6 Å². The van der Waals surface area contributed by atoms with Gasteiger partial charge in [-0.15, -0.1) is 0 Å². The molecule has 0 saturated carbocycles. The molecule has 0 spiro atoms. The van der Waals surface area contributed by atoms with Crippen molar-refractivity contribution in [1.29, 1.82) is 0 Å². The zero-order valence-electron chi connectivity index (χ0n) is 15.5. The quantitative estimate of drug-likeness (QED) is 0.670. The molecule has 0 aliphatic carbocycles. The zero-order valence-corrected chi connectivity index (χ0v) is 16.3. The summed E-state index contributed by atoms with van der Waals surface area (Å²) in [5.74, 6) is -1.63. The first-order chi connectivity index (χ1) is 13.2. The second kappa shape index (κ2) is 9.43. The first kappa shape index (κ1) is 21.5. The van der Waals surface area contributed by atoms with Crippen LogP contribution in [0.15, 0.2) is 53.4 Å². The van der Waals surface area contributed by atoms with E-state index in [-0.39, 0.29) is 16.3 Å². The highest BCUT2D eigenvalue weighted by atomic mass is 32.2. The summed E-state index contributed by atoms with van der Waals surface area (Å²) in [5.41, 5.74) is 0.889. The number of ether oxygens (including phenoxy) is 1. The van der Waals surface area contributed by atoms with Crippen molar-refractivity contribution in [3.8, 4) is 0 Å². The molecule has 150 valence electrons. The summed E-state index contributed by atoms with van der Waals surface area (Å²) >= 11 is 0. The maximum Gasteiger partial charge on any atom is 0.338 e. The first-order valence-corrected chi connectivity index (χ1v) is 9.85. The number of halogens is 1. The number of amides is 1. The summed E-state index contributed by atoms with van der Waals surface area (Å²) in [6.45, 7) is -0.189. The van der Waals surface area contributed by atoms with Crippen LogP contribution in [0.4, 0.5) is 4.39 Å². The third-order valence-corrected chi connectivity index (χ3v) is 5.64. The average molecular weight is 408 g/mol. The molecule has 0 fully saturated rings. The van der Waals surface area contributed by atoms with Crippen molar-refractivity contribution in [2.24, 2.45) is 0 Å². The Morgan fingerprint density at radius 2 is 1.79 bits per heavy atom. The number of hydrogen-bond acceptors (Lipinski definition) is 5. The van der Waals surface area contributed by atoms with Crippen molar-refractivity contribution in [2.45, 2.75) is 11.3 Å². The highest BCUT2D eigenvalue weighted by Gasteiger charge is 2.19. The number of hydrogen-bond donors (Lipinski definition) is 1. The summed E-state index contributed by atoms with van der Waals surface area (Å²) in [7, 11) is -0.911. The third kappa shape index (κ3) is 5.86. The summed E-state index contributed by atoms with van der Waals surface area (Å²) < 4.78 is 43.0. The van der Waals surface area contributed by atoms with E-state index in [0.29, 0.717) is 13.0 Å². The number of sulfonamides is 1. The molecule has 0 saturated heterocycles. The smallest absolute Gasteiger partial charge is 0.338 e. The molecule has 0 aromatic heterocycles. The normalized spacial score (nSPS) is 11.3. The van der Waals surface area contributed by atoms with E-state index in [0.717, 1.165) is 9.87 Å². The zero-order chi connectivity index (χ0) is 20.7. The number of esters is 1. The molecule has 0 bridgehead atoms. The van der Waals surface area contributed by atoms with Crippen molar-refractivity contribution < 1.29 is 27.1 Å². The van der Waals surface area contributed by atoms with Crippen molar-refractivity contribution in [2.75, 3.05) is 27.2 Å². The van der Waals surface area contributed by atoms with Crippen LogP contribution in [0.2, 0.25) is 0 Å². The minimum atomic E-state index is -3.68. The van der Waals surface area contributed by atoms with Gasteiger partial charge in [-0.3, -0.25) is 4.79 Å². The van der Waals surface area contributed by atoms with Crippen LogP contribution in [0, 0.1) is 5.82 Å². The van der Waals surface area contributed by atoms with Gasteiger partial charge in [0.1, 0.15) is 5.82 Å². The summed E-state index contributed by atoms with van der Waals surface area (Å²) in [6.07, 6.45) is 0.504. The van der Waals surface area contributed by atoms with Crippen LogP contribution in [-0.4, -0.2) is 51.8 Å². The molecule has 0 aliphatic heterocycles. The van der Waals surface area contributed by atoms with Crippen LogP contribution >= 0.6 is 0 Å². The Morgan fingerprint density at radius 3 is 2.43 bits per heavy atom. The topological polar surface area (TPSA) is 92.8 Å². The van der Waals surface area contributed by atoms with Crippen LogP contribution < -0.4 is 5.32 Å². The fourth-order valence-electron chi connectivity index (χ4n) is 2.26. The molecule has 0 unspecified atom stereocenters. The second-order valence-corrected chi connectivity index (χ2v) is 8.27. The molecule has 2 aromatic rings. The Labute approximate surface area is 163 Å². The van der Waals surface area contributed by atoms with Gasteiger partial charge in [-0.05, 0) is 42.3 Å². The van der Waals surface area contributed by atoms with E-state index >= 15 is 0 Å². The fraction of sp³-hybridized carbons (Fsp3) is 0.263. The lowest BCUT2D eigenvalue weighted by Gasteiger charge is -2.12. The Morgan fingerprint density at radius 1 is 1.11 bits per heavy atom. The Balaban J connectivity index is 1.84. The molecule has 7 nitrogen and oxygen atoms in total. The van der Waals surface area contributed by atoms with E-state index in [1.807, 2.05) is 0 Å². The number of nitrogens with one attached hydrogen (secondary N) is 1. The predicted octanol–water partition coefficient (Wildman–Crippen LogP) is 1.59. The van der Waals surface area contributed by atoms with E-state index < -0.39 is 28.5 Å². The van der Waals surface area contributed by atoms with Gasteiger partial charge in [-0.25, -0.2) is 21.9 Å². The summed E-state index contributed by atoms with van der Waals surface area (Å²) in [5, 5.41) is 2.59. The highest BCUT2D eigenvalue weighted by molar-refractivity contribution is 7.89. The van der Waals surface area contributed by atoms with Gasteiger partial charge in [0.2, 0.25) is 10.0 Å². The van der Waals surface area contributed by atoms with Crippen molar-refractivity contribution in [1.82, 2.24) is 9.62 Å². The van der Waals surface area contributed by atoms with Crippen LogP contribution in [0.3, 0.4) is 0 Å². The van der Waals surface area contributed by atoms with E-state index in [1.54, 1.807) is 12.1 Å². The van der Waals surface area contributed by atoms with E-state index in [4.69, 9.17) is 4.74 Å². The SMILES string of the molecule is CN(C)S(=O)(=O)c1cccc(C(=O)OCC(=O)NCCc2ccc(F)cc2)c1. The lowest BCUT2D eigenvalue weighted by molar-refractivity contribution is -0.124. The van der Waals surface area contributed by atoms with Crippen LogP contribution in [0.1, 0.15) is 15.9 Å². The first-order valence-electron chi connectivity index (χ1n) is 8.41. The Kier molecular flexibility index (Phi) is 7.24. The third-order valence-electron chi connectivity index (χ3n) is 3.83. The molecule has 0 radical (unpaired) electrons. The molecule has 2 aromatic carbocycles. The second-order valence-electron chi connectivity index (χ2n) is 6.12. The number of carbonyl (C=O) groups is 2. The Hall–Kier alpha value is -2.78. The molecule has 9 heteroatoms. The molecule has 0 aliphatic rings. The van der Waals surface area contributed by atoms with Gasteiger partial charge in [0.25, 0.3) is 5.91 Å². The van der Waals surface area contributed by atoms with Gasteiger partial charge in [-0.2, -0.15) is 0 Å². The van der Waals surface area contributed by atoms with E-state index in [9.17, 15) is 22.4 Å². The maximum absolute atomic E-state index is 12.8. The molecule has 0 atom stereocenters. The summed E-state index contributed by atoms with van der Waals surface area (Å²) in [4.78, 5) is 23.8. The number of carbonyl (C=O) groups excluding carboxylic acids is 2. The molecular weight excluding hydrogens is 387 g/mol. The monoisotopic (exact) mass is 408 g/mol. The maximum atomic E-state index is 12.8. The minimum absolute atomic E-state index is 0.0297. The number of benzene rings is 2. The Bertz CT molecular complexity index is 943. The van der Waals surface area contributed by atoms with Crippen LogP contribution in [-0.2, 0) is 26.0 Å². The van der Waals surface area contributed by atoms with Gasteiger partial charge < -0.3 is 10.1 Å². The van der Waals surface area contributed by atoms with E-state index in [2.05, 4.69) is 5.32 Å². The van der Waals surface area contributed by atoms with Crippen LogP contribution in [0.25, 0.3) is 0 Å². The largest absolute Gasteiger partial charge is 0.452 e. The van der Waals surface area contributed by atoms with Crippen molar-refractivity contribution >= 4 is 21.9 Å². The van der Waals surface area contributed by atoms with Gasteiger partial charge >= 0.3 is 5.97 Å². The number of nitrogens with zero attached hydrogens (tertiary/aromatic N) is 1. The van der Waals surface area contributed by atoms with E-state index in [1.165, 1.54) is 50.5 Å². The van der Waals surface area contributed by atoms with Crippen LogP contribution in [0.5, 0.6) is 0 Å². The molecule has 28 heavy (non-hydrogen) atoms. The predicted molar refractivity (Wildman–Crippen MR) is 101 cm³/mol. The highest BCUT2D eigenvalue weighted by Crippen LogP contribution is 2.15. The van der Waals surface area contributed by atoms with Gasteiger partial charge in [-0.1, -0.05) is 18.2 Å². The molecular formula is C19H21FN2O5S.